The summed E-state index contributed by atoms with van der Waals surface area (Å²) in [5.74, 6) is 0.820. The van der Waals surface area contributed by atoms with Crippen molar-refractivity contribution in [3.05, 3.63) is 0 Å². The molecule has 0 amide bonds. The second kappa shape index (κ2) is 6.58. The number of nitrogens with zero attached hydrogens (tertiary/aromatic N) is 1. The summed E-state index contributed by atoms with van der Waals surface area (Å²) < 4.78 is 5.14. The number of hydrogen-bond acceptors (Lipinski definition) is 3. The summed E-state index contributed by atoms with van der Waals surface area (Å²) in [4.78, 5) is 2.64. The van der Waals surface area contributed by atoms with Gasteiger partial charge in [-0.05, 0) is 52.6 Å². The first kappa shape index (κ1) is 13.9. The van der Waals surface area contributed by atoms with Crippen molar-refractivity contribution < 1.29 is 4.74 Å². The molecular weight excluding hydrogens is 200 g/mol. The average Bonchev–Trinajstić information content (AvgIpc) is 2.23. The van der Waals surface area contributed by atoms with Crippen molar-refractivity contribution >= 4 is 0 Å². The van der Waals surface area contributed by atoms with Gasteiger partial charge in [-0.15, -0.1) is 0 Å². The molecule has 1 atom stereocenters. The molecule has 1 heterocycles. The van der Waals surface area contributed by atoms with Crippen LogP contribution in [0.3, 0.4) is 0 Å². The summed E-state index contributed by atoms with van der Waals surface area (Å²) in [6.07, 6.45) is 3.81. The molecule has 0 bridgehead atoms. The van der Waals surface area contributed by atoms with Crippen LogP contribution in [0.15, 0.2) is 0 Å². The molecule has 0 saturated carbocycles. The molecule has 96 valence electrons. The lowest BCUT2D eigenvalue weighted by Gasteiger charge is -2.45. The molecule has 1 aliphatic heterocycles. The van der Waals surface area contributed by atoms with Gasteiger partial charge in [0.05, 0.1) is 0 Å². The topological polar surface area (TPSA) is 24.5 Å². The Balaban J connectivity index is 2.41. The number of hydrogen-bond donors (Lipinski definition) is 1. The molecule has 1 saturated heterocycles. The molecule has 1 fully saturated rings. The van der Waals surface area contributed by atoms with Gasteiger partial charge in [0.2, 0.25) is 0 Å². The minimum Gasteiger partial charge on any atom is -0.385 e. The zero-order chi connectivity index (χ0) is 12.0. The largest absolute Gasteiger partial charge is 0.385 e. The molecule has 1 unspecified atom stereocenters. The first-order valence-electron chi connectivity index (χ1n) is 6.48. The molecule has 16 heavy (non-hydrogen) atoms. The van der Waals surface area contributed by atoms with E-state index in [4.69, 9.17) is 4.74 Å². The van der Waals surface area contributed by atoms with Crippen molar-refractivity contribution in [1.82, 2.24) is 10.2 Å². The number of ether oxygens (including phenoxy) is 1. The molecular formula is C13H28N2O. The zero-order valence-corrected chi connectivity index (χ0v) is 11.4. The monoisotopic (exact) mass is 228 g/mol. The van der Waals surface area contributed by atoms with Gasteiger partial charge in [0.15, 0.2) is 0 Å². The Hall–Kier alpha value is -0.120. The highest BCUT2D eigenvalue weighted by atomic mass is 16.5. The van der Waals surface area contributed by atoms with E-state index in [9.17, 15) is 0 Å². The second-order valence-electron chi connectivity index (χ2n) is 5.57. The van der Waals surface area contributed by atoms with Crippen LogP contribution in [0.25, 0.3) is 0 Å². The van der Waals surface area contributed by atoms with E-state index in [0.717, 1.165) is 25.5 Å². The minimum absolute atomic E-state index is 0.373. The average molecular weight is 228 g/mol. The van der Waals surface area contributed by atoms with E-state index in [1.54, 1.807) is 7.11 Å². The molecule has 0 aromatic heterocycles. The van der Waals surface area contributed by atoms with E-state index in [0.29, 0.717) is 5.54 Å². The highest BCUT2D eigenvalue weighted by Crippen LogP contribution is 2.30. The lowest BCUT2D eigenvalue weighted by molar-refractivity contribution is 0.0380. The van der Waals surface area contributed by atoms with Gasteiger partial charge in [0.25, 0.3) is 0 Å². The Morgan fingerprint density at radius 1 is 1.44 bits per heavy atom. The summed E-state index contributed by atoms with van der Waals surface area (Å²) in [5, 5.41) is 3.30. The van der Waals surface area contributed by atoms with E-state index in [2.05, 4.69) is 31.1 Å². The smallest absolute Gasteiger partial charge is 0.0474 e. The van der Waals surface area contributed by atoms with E-state index in [1.165, 1.54) is 25.9 Å². The van der Waals surface area contributed by atoms with Gasteiger partial charge in [0.1, 0.15) is 0 Å². The van der Waals surface area contributed by atoms with Crippen LogP contribution in [0, 0.1) is 5.92 Å². The Morgan fingerprint density at radius 3 is 2.81 bits per heavy atom. The van der Waals surface area contributed by atoms with E-state index in [-0.39, 0.29) is 0 Å². The van der Waals surface area contributed by atoms with Crippen molar-refractivity contribution in [2.45, 2.75) is 38.6 Å². The van der Waals surface area contributed by atoms with Gasteiger partial charge in [0, 0.05) is 32.3 Å². The van der Waals surface area contributed by atoms with Crippen LogP contribution >= 0.6 is 0 Å². The quantitative estimate of drug-likeness (QED) is 0.701. The molecule has 3 nitrogen and oxygen atoms in total. The molecule has 0 aromatic rings. The van der Waals surface area contributed by atoms with Crippen LogP contribution in [0.4, 0.5) is 0 Å². The van der Waals surface area contributed by atoms with E-state index in [1.807, 2.05) is 0 Å². The fourth-order valence-corrected chi connectivity index (χ4v) is 2.61. The third-order valence-electron chi connectivity index (χ3n) is 3.77. The third kappa shape index (κ3) is 4.04. The maximum absolute atomic E-state index is 5.14. The highest BCUT2D eigenvalue weighted by Gasteiger charge is 2.33. The van der Waals surface area contributed by atoms with Crippen LogP contribution in [0.5, 0.6) is 0 Å². The molecule has 1 rings (SSSR count). The lowest BCUT2D eigenvalue weighted by atomic mass is 9.84. The summed E-state index contributed by atoms with van der Waals surface area (Å²) in [6, 6.07) is 0. The minimum atomic E-state index is 0.373. The summed E-state index contributed by atoms with van der Waals surface area (Å²) >= 11 is 0. The van der Waals surface area contributed by atoms with Crippen LogP contribution in [0.1, 0.15) is 33.1 Å². The van der Waals surface area contributed by atoms with E-state index >= 15 is 0 Å². The SMILES string of the molecule is CNCC1CCC(C)(C)N(CCCOC)C1. The van der Waals surface area contributed by atoms with Crippen LogP contribution in [0.2, 0.25) is 0 Å². The standard InChI is InChI=1S/C13H28N2O/c1-13(2)7-6-12(10-14-3)11-15(13)8-5-9-16-4/h12,14H,5-11H2,1-4H3. The summed E-state index contributed by atoms with van der Waals surface area (Å²) in [5.41, 5.74) is 0.373. The number of nitrogens with one attached hydrogen (secondary N) is 1. The van der Waals surface area contributed by atoms with Gasteiger partial charge >= 0.3 is 0 Å². The highest BCUT2D eigenvalue weighted by molar-refractivity contribution is 4.89. The predicted molar refractivity (Wildman–Crippen MR) is 68.8 cm³/mol. The molecule has 1 aliphatic rings. The Bertz CT molecular complexity index is 194. The number of rotatable bonds is 6. The Labute approximate surface area is 101 Å². The van der Waals surface area contributed by atoms with Crippen LogP contribution < -0.4 is 5.32 Å². The van der Waals surface area contributed by atoms with Crippen LogP contribution in [-0.4, -0.2) is 50.8 Å². The van der Waals surface area contributed by atoms with Crippen molar-refractivity contribution in [2.24, 2.45) is 5.92 Å². The second-order valence-corrected chi connectivity index (χ2v) is 5.57. The first-order valence-corrected chi connectivity index (χ1v) is 6.48. The molecule has 0 spiro atoms. The molecule has 1 N–H and O–H groups in total. The normalized spacial score (nSPS) is 25.9. The molecule has 0 aromatic carbocycles. The predicted octanol–water partition coefficient (Wildman–Crippen LogP) is 1.73. The first-order chi connectivity index (χ1) is 7.60. The maximum Gasteiger partial charge on any atom is 0.0474 e. The summed E-state index contributed by atoms with van der Waals surface area (Å²) in [7, 11) is 3.83. The Kier molecular flexibility index (Phi) is 5.73. The van der Waals surface area contributed by atoms with Crippen molar-refractivity contribution in [3.63, 3.8) is 0 Å². The van der Waals surface area contributed by atoms with Crippen LogP contribution in [-0.2, 0) is 4.74 Å². The summed E-state index contributed by atoms with van der Waals surface area (Å²) in [6.45, 7) is 9.17. The van der Waals surface area contributed by atoms with Gasteiger partial charge in [-0.3, -0.25) is 4.90 Å². The van der Waals surface area contributed by atoms with Crippen molar-refractivity contribution in [3.8, 4) is 0 Å². The molecule has 0 radical (unpaired) electrons. The zero-order valence-electron chi connectivity index (χ0n) is 11.4. The number of methoxy groups -OCH3 is 1. The van der Waals surface area contributed by atoms with Gasteiger partial charge in [-0.25, -0.2) is 0 Å². The fourth-order valence-electron chi connectivity index (χ4n) is 2.61. The van der Waals surface area contributed by atoms with Crippen molar-refractivity contribution in [1.29, 1.82) is 0 Å². The van der Waals surface area contributed by atoms with E-state index < -0.39 is 0 Å². The maximum atomic E-state index is 5.14. The third-order valence-corrected chi connectivity index (χ3v) is 3.77. The van der Waals surface area contributed by atoms with Crippen molar-refractivity contribution in [2.75, 3.05) is 40.4 Å². The lowest BCUT2D eigenvalue weighted by Crippen LogP contribution is -2.52. The van der Waals surface area contributed by atoms with Gasteiger partial charge in [-0.1, -0.05) is 0 Å². The Morgan fingerprint density at radius 2 is 2.19 bits per heavy atom. The fraction of sp³-hybridized carbons (Fsp3) is 1.00. The number of likely N-dealkylation sites (tertiary alicyclic amines) is 1. The molecule has 3 heteroatoms. The van der Waals surface area contributed by atoms with Gasteiger partial charge in [-0.2, -0.15) is 0 Å². The molecule has 0 aliphatic carbocycles. The van der Waals surface area contributed by atoms with Gasteiger partial charge < -0.3 is 10.1 Å². The number of piperidine rings is 1.